The van der Waals surface area contributed by atoms with E-state index in [4.69, 9.17) is 23.7 Å². The van der Waals surface area contributed by atoms with Gasteiger partial charge in [0.1, 0.15) is 0 Å². The maximum atomic E-state index is 11.4. The van der Waals surface area contributed by atoms with Crippen molar-refractivity contribution in [1.82, 2.24) is 0 Å². The first kappa shape index (κ1) is 31.8. The van der Waals surface area contributed by atoms with Gasteiger partial charge in [-0.05, 0) is 84.0 Å². The van der Waals surface area contributed by atoms with Crippen molar-refractivity contribution >= 4 is 5.97 Å². The number of unbranched alkanes of at least 4 members (excludes halogenated alkanes) is 1. The van der Waals surface area contributed by atoms with Crippen molar-refractivity contribution in [2.24, 2.45) is 11.8 Å². The maximum absolute atomic E-state index is 11.4. The van der Waals surface area contributed by atoms with Crippen LogP contribution in [0.25, 0.3) is 0 Å². The van der Waals surface area contributed by atoms with Crippen molar-refractivity contribution in [3.63, 3.8) is 0 Å². The summed E-state index contributed by atoms with van der Waals surface area (Å²) in [5.74, 6) is 6.04. The molecule has 2 saturated heterocycles. The molecule has 1 saturated carbocycles. The Morgan fingerprint density at radius 1 is 1.10 bits per heavy atom. The molecule has 2 aliphatic heterocycles. The Morgan fingerprint density at radius 3 is 2.51 bits per heavy atom. The molecule has 39 heavy (non-hydrogen) atoms. The van der Waals surface area contributed by atoms with E-state index in [0.717, 1.165) is 83.8 Å². The molecule has 0 radical (unpaired) electrons. The Kier molecular flexibility index (Phi) is 14.0. The van der Waals surface area contributed by atoms with Crippen LogP contribution in [-0.2, 0) is 28.5 Å². The molecule has 3 rings (SSSR count). The third-order valence-corrected chi connectivity index (χ3v) is 8.04. The summed E-state index contributed by atoms with van der Waals surface area (Å²) in [5, 5.41) is 11.1. The van der Waals surface area contributed by atoms with Crippen LogP contribution < -0.4 is 0 Å². The van der Waals surface area contributed by atoms with Crippen molar-refractivity contribution in [1.29, 1.82) is 0 Å². The average Bonchev–Trinajstić information content (AvgIpc) is 3.23. The molecule has 3 aliphatic rings. The van der Waals surface area contributed by atoms with Crippen molar-refractivity contribution < 1.29 is 33.6 Å². The zero-order valence-electron chi connectivity index (χ0n) is 24.3. The second kappa shape index (κ2) is 17.2. The molecule has 0 spiro atoms. The molecule has 0 aromatic rings. The van der Waals surface area contributed by atoms with Crippen LogP contribution in [0.4, 0.5) is 0 Å². The summed E-state index contributed by atoms with van der Waals surface area (Å²) in [6, 6.07) is 0. The van der Waals surface area contributed by atoms with E-state index in [0.29, 0.717) is 12.8 Å². The van der Waals surface area contributed by atoms with Gasteiger partial charge in [0.25, 0.3) is 0 Å². The summed E-state index contributed by atoms with van der Waals surface area (Å²) in [4.78, 5) is 11.4. The van der Waals surface area contributed by atoms with Crippen molar-refractivity contribution in [2.75, 3.05) is 20.3 Å². The molecule has 1 N–H and O–H groups in total. The first-order valence-electron chi connectivity index (χ1n) is 15.0. The SMILES string of the molecule is CC#CCCC(C)(C=C[C@@H]1[C@@H](CC=CCCCC(=O)OC)[C@H](O)C[C@H]1OC1CCCCO1)OC1CCCCO1. The van der Waals surface area contributed by atoms with Crippen LogP contribution in [0.1, 0.15) is 97.3 Å². The number of methoxy groups -OCH3 is 1. The Morgan fingerprint density at radius 2 is 1.85 bits per heavy atom. The molecule has 220 valence electrons. The smallest absolute Gasteiger partial charge is 0.305 e. The lowest BCUT2D eigenvalue weighted by Crippen LogP contribution is -2.36. The zero-order chi connectivity index (χ0) is 27.9. The molecule has 2 heterocycles. The third kappa shape index (κ3) is 11.0. The lowest BCUT2D eigenvalue weighted by Gasteiger charge is -2.34. The van der Waals surface area contributed by atoms with Crippen LogP contribution in [0, 0.1) is 23.7 Å². The third-order valence-electron chi connectivity index (χ3n) is 8.04. The predicted octanol–water partition coefficient (Wildman–Crippen LogP) is 5.85. The van der Waals surface area contributed by atoms with Crippen LogP contribution in [0.15, 0.2) is 24.3 Å². The number of hydrogen-bond donors (Lipinski definition) is 1. The molecule has 7 atom stereocenters. The zero-order valence-corrected chi connectivity index (χ0v) is 24.3. The normalized spacial score (nSPS) is 31.2. The van der Waals surface area contributed by atoms with Gasteiger partial charge in [0.15, 0.2) is 12.6 Å². The fourth-order valence-corrected chi connectivity index (χ4v) is 5.72. The quantitative estimate of drug-likeness (QED) is 0.127. The lowest BCUT2D eigenvalue weighted by molar-refractivity contribution is -0.208. The molecule has 3 unspecified atom stereocenters. The van der Waals surface area contributed by atoms with Gasteiger partial charge in [-0.2, -0.15) is 0 Å². The van der Waals surface area contributed by atoms with Gasteiger partial charge in [0.2, 0.25) is 0 Å². The van der Waals surface area contributed by atoms with Gasteiger partial charge < -0.3 is 28.8 Å². The number of aliphatic hydroxyl groups is 1. The van der Waals surface area contributed by atoms with Gasteiger partial charge >= 0.3 is 5.97 Å². The largest absolute Gasteiger partial charge is 0.469 e. The highest BCUT2D eigenvalue weighted by molar-refractivity contribution is 5.69. The Bertz CT molecular complexity index is 831. The highest BCUT2D eigenvalue weighted by Gasteiger charge is 2.43. The van der Waals surface area contributed by atoms with E-state index in [9.17, 15) is 9.90 Å². The number of carbonyl (C=O) groups is 1. The van der Waals surface area contributed by atoms with Gasteiger partial charge in [0.05, 0.1) is 24.9 Å². The van der Waals surface area contributed by atoms with E-state index >= 15 is 0 Å². The monoisotopic (exact) mass is 546 g/mol. The fraction of sp³-hybridized carbons (Fsp3) is 0.781. The maximum Gasteiger partial charge on any atom is 0.305 e. The predicted molar refractivity (Wildman–Crippen MR) is 151 cm³/mol. The van der Waals surface area contributed by atoms with Crippen LogP contribution in [0.2, 0.25) is 0 Å². The van der Waals surface area contributed by atoms with Crippen LogP contribution in [0.3, 0.4) is 0 Å². The van der Waals surface area contributed by atoms with Crippen LogP contribution in [-0.4, -0.2) is 61.8 Å². The highest BCUT2D eigenvalue weighted by Crippen LogP contribution is 2.40. The lowest BCUT2D eigenvalue weighted by atomic mass is 9.87. The van der Waals surface area contributed by atoms with E-state index in [-0.39, 0.29) is 36.5 Å². The van der Waals surface area contributed by atoms with Crippen LogP contribution >= 0.6 is 0 Å². The second-order valence-corrected chi connectivity index (χ2v) is 11.2. The molecule has 0 aromatic carbocycles. The van der Waals surface area contributed by atoms with Crippen LogP contribution in [0.5, 0.6) is 0 Å². The Hall–Kier alpha value is -1.69. The minimum absolute atomic E-state index is 0.0253. The van der Waals surface area contributed by atoms with E-state index < -0.39 is 11.7 Å². The van der Waals surface area contributed by atoms with E-state index in [1.807, 2.05) is 6.92 Å². The summed E-state index contributed by atoms with van der Waals surface area (Å²) < 4.78 is 29.5. The van der Waals surface area contributed by atoms with Gasteiger partial charge in [-0.3, -0.25) is 4.79 Å². The molecule has 0 bridgehead atoms. The molecular weight excluding hydrogens is 496 g/mol. The molecule has 3 fully saturated rings. The molecule has 1 aliphatic carbocycles. The average molecular weight is 547 g/mol. The standard InChI is InChI=1S/C32H50O7/c1-4-5-12-20-32(2,39-31-18-11-14-23-37-31)21-19-26-25(15-8-6-7-9-16-29(34)35-3)27(33)24-28(26)38-30-17-10-13-22-36-30/h6,8,19,21,25-28,30-31,33H,7,9-18,20,22-24H2,1-3H3/t25-,26-,27-,28-,30?,31?,32?/m1/s1. The van der Waals surface area contributed by atoms with Gasteiger partial charge in [-0.15, -0.1) is 11.8 Å². The molecular formula is C32H50O7. The van der Waals surface area contributed by atoms with Gasteiger partial charge in [-0.25, -0.2) is 0 Å². The van der Waals surface area contributed by atoms with E-state index in [2.05, 4.69) is 43.1 Å². The number of hydrogen-bond acceptors (Lipinski definition) is 7. The van der Waals surface area contributed by atoms with Crippen molar-refractivity contribution in [3.8, 4) is 11.8 Å². The van der Waals surface area contributed by atoms with Gasteiger partial charge in [0, 0.05) is 38.4 Å². The number of aliphatic hydroxyl groups excluding tert-OH is 1. The minimum Gasteiger partial charge on any atom is -0.469 e. The number of ether oxygens (including phenoxy) is 5. The Labute approximate surface area is 235 Å². The summed E-state index contributed by atoms with van der Waals surface area (Å²) >= 11 is 0. The fourth-order valence-electron chi connectivity index (χ4n) is 5.72. The molecule has 0 aromatic heterocycles. The summed E-state index contributed by atoms with van der Waals surface area (Å²) in [7, 11) is 1.42. The molecule has 0 amide bonds. The Balaban J connectivity index is 1.72. The first-order chi connectivity index (χ1) is 18.9. The van der Waals surface area contributed by atoms with Gasteiger partial charge in [-0.1, -0.05) is 24.3 Å². The van der Waals surface area contributed by atoms with E-state index in [1.165, 1.54) is 7.11 Å². The topological polar surface area (TPSA) is 83.5 Å². The summed E-state index contributed by atoms with van der Waals surface area (Å²) in [6.07, 6.45) is 18.6. The summed E-state index contributed by atoms with van der Waals surface area (Å²) in [6.45, 7) is 5.44. The first-order valence-corrected chi connectivity index (χ1v) is 15.0. The van der Waals surface area contributed by atoms with Crippen molar-refractivity contribution in [2.45, 2.75) is 128 Å². The number of esters is 1. The second-order valence-electron chi connectivity index (χ2n) is 11.2. The van der Waals surface area contributed by atoms with Crippen molar-refractivity contribution in [3.05, 3.63) is 24.3 Å². The van der Waals surface area contributed by atoms with E-state index in [1.54, 1.807) is 0 Å². The number of allylic oxidation sites excluding steroid dienone is 2. The summed E-state index contributed by atoms with van der Waals surface area (Å²) in [5.41, 5.74) is -0.528. The molecule has 7 nitrogen and oxygen atoms in total. The number of rotatable bonds is 14. The molecule has 7 heteroatoms. The number of carbonyl (C=O) groups excluding carboxylic acids is 1. The highest BCUT2D eigenvalue weighted by atomic mass is 16.7. The minimum atomic E-state index is -0.528.